The molecule has 1 unspecified atom stereocenters. The lowest BCUT2D eigenvalue weighted by Crippen LogP contribution is -2.41. The number of nitrogens with zero attached hydrogens (tertiary/aromatic N) is 2. The first-order chi connectivity index (χ1) is 9.21. The van der Waals surface area contributed by atoms with E-state index in [4.69, 9.17) is 5.73 Å². The van der Waals surface area contributed by atoms with Crippen LogP contribution in [0.2, 0.25) is 0 Å². The quantitative estimate of drug-likeness (QED) is 0.798. The summed E-state index contributed by atoms with van der Waals surface area (Å²) in [5, 5.41) is 3.41. The number of rotatable bonds is 6. The molecule has 0 aliphatic heterocycles. The van der Waals surface area contributed by atoms with Crippen LogP contribution < -0.4 is 10.5 Å². The number of hydrogen-bond acceptors (Lipinski definition) is 4. The molecular weight excluding hydrogens is 333 g/mol. The van der Waals surface area contributed by atoms with Crippen molar-refractivity contribution >= 4 is 22.4 Å². The molecule has 0 saturated heterocycles. The van der Waals surface area contributed by atoms with Crippen molar-refractivity contribution in [2.75, 3.05) is 6.54 Å². The summed E-state index contributed by atoms with van der Waals surface area (Å²) in [5.41, 5.74) is 5.49. The molecule has 1 aliphatic rings. The first-order valence-corrected chi connectivity index (χ1v) is 7.51. The third-order valence-corrected chi connectivity index (χ3v) is 4.46. The first-order valence-electron chi connectivity index (χ1n) is 6.03. The molecule has 0 aromatic carbocycles. The van der Waals surface area contributed by atoms with Crippen molar-refractivity contribution in [2.45, 2.75) is 36.5 Å². The lowest BCUT2D eigenvalue weighted by Gasteiger charge is -2.15. The van der Waals surface area contributed by atoms with E-state index in [9.17, 15) is 21.6 Å². The number of alkyl halides is 3. The summed E-state index contributed by atoms with van der Waals surface area (Å²) in [6.07, 6.45) is -0.894. The van der Waals surface area contributed by atoms with Crippen LogP contribution in [0.1, 0.15) is 12.8 Å². The molecule has 0 amide bonds. The Morgan fingerprint density at radius 1 is 1.48 bits per heavy atom. The van der Waals surface area contributed by atoms with Crippen molar-refractivity contribution < 1.29 is 21.6 Å². The lowest BCUT2D eigenvalue weighted by atomic mass is 10.2. The zero-order valence-corrected chi connectivity index (χ0v) is 12.5. The maximum atomic E-state index is 12.2. The summed E-state index contributed by atoms with van der Waals surface area (Å²) in [6, 6.07) is -0.383. The molecule has 1 aromatic heterocycles. The fraction of sp³-hybridized carbons (Fsp3) is 0.700. The van der Waals surface area contributed by atoms with Gasteiger partial charge in [0.15, 0.2) is 0 Å². The van der Waals surface area contributed by atoms with Gasteiger partial charge in [-0.05, 0) is 18.8 Å². The Morgan fingerprint density at radius 3 is 2.57 bits per heavy atom. The summed E-state index contributed by atoms with van der Waals surface area (Å²) in [5.74, 6) is 0.208. The van der Waals surface area contributed by atoms with E-state index in [0.717, 1.165) is 25.2 Å². The smallest absolute Gasteiger partial charge is 0.329 e. The number of nitrogens with two attached hydrogens (primary N) is 1. The van der Waals surface area contributed by atoms with Gasteiger partial charge in [-0.3, -0.25) is 4.68 Å². The van der Waals surface area contributed by atoms with Gasteiger partial charge >= 0.3 is 6.18 Å². The molecule has 21 heavy (non-hydrogen) atoms. The number of halogens is 4. The minimum Gasteiger partial charge on any atom is -0.329 e. The third kappa shape index (κ3) is 5.13. The average Bonchev–Trinajstić information content (AvgIpc) is 3.05. The van der Waals surface area contributed by atoms with E-state index in [1.54, 1.807) is 0 Å². The summed E-state index contributed by atoms with van der Waals surface area (Å²) in [6.45, 7) is -1.17. The van der Waals surface area contributed by atoms with Crippen LogP contribution in [0.15, 0.2) is 17.3 Å². The Morgan fingerprint density at radius 2 is 2.10 bits per heavy atom. The molecule has 0 bridgehead atoms. The number of sulfonamides is 1. The molecule has 1 heterocycles. The predicted octanol–water partition coefficient (Wildman–Crippen LogP) is 0.883. The minimum absolute atomic E-state index is 0. The predicted molar refractivity (Wildman–Crippen MR) is 71.4 cm³/mol. The van der Waals surface area contributed by atoms with E-state index >= 15 is 0 Å². The van der Waals surface area contributed by atoms with Crippen LogP contribution in [0.3, 0.4) is 0 Å². The third-order valence-electron chi connectivity index (χ3n) is 3.01. The summed E-state index contributed by atoms with van der Waals surface area (Å²) in [4.78, 5) is -0.291. The molecule has 1 aromatic rings. The van der Waals surface area contributed by atoms with Gasteiger partial charge in [0, 0.05) is 18.8 Å². The normalized spacial score (nSPS) is 17.3. The molecule has 2 rings (SSSR count). The lowest BCUT2D eigenvalue weighted by molar-refractivity contribution is -0.142. The van der Waals surface area contributed by atoms with Gasteiger partial charge in [-0.15, -0.1) is 12.4 Å². The van der Waals surface area contributed by atoms with Crippen LogP contribution in [0.25, 0.3) is 0 Å². The summed E-state index contributed by atoms with van der Waals surface area (Å²) in [7, 11) is -3.89. The maximum Gasteiger partial charge on any atom is 0.408 e. The monoisotopic (exact) mass is 348 g/mol. The molecule has 6 nitrogen and oxygen atoms in total. The molecule has 1 fully saturated rings. The molecule has 0 spiro atoms. The molecule has 1 atom stereocenters. The Balaban J connectivity index is 0.00000220. The van der Waals surface area contributed by atoms with Crippen LogP contribution in [0.4, 0.5) is 13.2 Å². The van der Waals surface area contributed by atoms with E-state index in [1.807, 2.05) is 0 Å². The van der Waals surface area contributed by atoms with E-state index in [2.05, 4.69) is 9.82 Å². The van der Waals surface area contributed by atoms with Crippen molar-refractivity contribution in [3.8, 4) is 0 Å². The number of hydrogen-bond donors (Lipinski definition) is 2. The van der Waals surface area contributed by atoms with Gasteiger partial charge < -0.3 is 5.73 Å². The van der Waals surface area contributed by atoms with Gasteiger partial charge in [-0.25, -0.2) is 13.1 Å². The molecule has 1 saturated carbocycles. The number of nitrogens with one attached hydrogen (secondary N) is 1. The van der Waals surface area contributed by atoms with Gasteiger partial charge in [-0.1, -0.05) is 0 Å². The van der Waals surface area contributed by atoms with Crippen LogP contribution in [0, 0.1) is 5.92 Å². The van der Waals surface area contributed by atoms with E-state index in [1.165, 1.54) is 0 Å². The zero-order chi connectivity index (χ0) is 15.0. The Bertz CT molecular complexity index is 571. The standard InChI is InChI=1S/C10H15F3N4O2S.ClH/c11-10(12,13)6-17-5-8(4-15-17)20(18,19)16-9(3-14)7-1-2-7;/h4-5,7,9,16H,1-3,6,14H2;1H. The van der Waals surface area contributed by atoms with Gasteiger partial charge in [-0.2, -0.15) is 18.3 Å². The van der Waals surface area contributed by atoms with Crippen molar-refractivity contribution in [3.05, 3.63) is 12.4 Å². The molecular formula is C10H16ClF3N4O2S. The molecule has 3 N–H and O–H groups in total. The topological polar surface area (TPSA) is 90.0 Å². The summed E-state index contributed by atoms with van der Waals surface area (Å²) >= 11 is 0. The zero-order valence-electron chi connectivity index (χ0n) is 10.9. The van der Waals surface area contributed by atoms with Crippen LogP contribution >= 0.6 is 12.4 Å². The Labute approximate surface area is 126 Å². The fourth-order valence-corrected chi connectivity index (χ4v) is 3.13. The number of aromatic nitrogens is 2. The van der Waals surface area contributed by atoms with Gasteiger partial charge in [0.25, 0.3) is 0 Å². The highest BCUT2D eigenvalue weighted by atomic mass is 35.5. The van der Waals surface area contributed by atoms with Crippen molar-refractivity contribution in [3.63, 3.8) is 0 Å². The molecule has 11 heteroatoms. The molecule has 0 radical (unpaired) electrons. The van der Waals surface area contributed by atoms with Crippen molar-refractivity contribution in [1.29, 1.82) is 0 Å². The van der Waals surface area contributed by atoms with E-state index in [-0.39, 0.29) is 35.8 Å². The summed E-state index contributed by atoms with van der Waals surface area (Å²) < 4.78 is 63.5. The van der Waals surface area contributed by atoms with Crippen molar-refractivity contribution in [1.82, 2.24) is 14.5 Å². The second kappa shape index (κ2) is 6.51. The van der Waals surface area contributed by atoms with E-state index in [0.29, 0.717) is 4.68 Å². The van der Waals surface area contributed by atoms with Crippen molar-refractivity contribution in [2.24, 2.45) is 11.7 Å². The van der Waals surface area contributed by atoms with Crippen LogP contribution in [-0.4, -0.2) is 37.0 Å². The Hall–Kier alpha value is -0.840. The molecule has 122 valence electrons. The van der Waals surface area contributed by atoms with Gasteiger partial charge in [0.05, 0.1) is 6.20 Å². The fourth-order valence-electron chi connectivity index (χ4n) is 1.86. The second-order valence-corrected chi connectivity index (χ2v) is 6.50. The highest BCUT2D eigenvalue weighted by molar-refractivity contribution is 7.89. The SMILES string of the molecule is Cl.NCC(NS(=O)(=O)c1cnn(CC(F)(F)F)c1)C1CC1. The molecule has 1 aliphatic carbocycles. The van der Waals surface area contributed by atoms with E-state index < -0.39 is 22.7 Å². The highest BCUT2D eigenvalue weighted by Crippen LogP contribution is 2.32. The second-order valence-electron chi connectivity index (χ2n) is 4.79. The average molecular weight is 349 g/mol. The Kier molecular flexibility index (Phi) is 5.64. The highest BCUT2D eigenvalue weighted by Gasteiger charge is 2.34. The minimum atomic E-state index is -4.45. The van der Waals surface area contributed by atoms with Gasteiger partial charge in [0.1, 0.15) is 11.4 Å². The largest absolute Gasteiger partial charge is 0.408 e. The van der Waals surface area contributed by atoms with Gasteiger partial charge in [0.2, 0.25) is 10.0 Å². The van der Waals surface area contributed by atoms with Crippen LogP contribution in [0.5, 0.6) is 0 Å². The maximum absolute atomic E-state index is 12.2. The first kappa shape index (κ1) is 18.2. The van der Waals surface area contributed by atoms with Crippen LogP contribution in [-0.2, 0) is 16.6 Å².